The van der Waals surface area contributed by atoms with Crippen molar-refractivity contribution in [1.29, 1.82) is 0 Å². The Morgan fingerprint density at radius 1 is 1.16 bits per heavy atom. The predicted molar refractivity (Wildman–Crippen MR) is 77.0 cm³/mol. The molecule has 0 aliphatic rings. The third-order valence-electron chi connectivity index (χ3n) is 2.67. The number of quaternary nitrogens is 1. The molecular weight excluding hydrogens is 266 g/mol. The summed E-state index contributed by atoms with van der Waals surface area (Å²) in [6.07, 6.45) is 4.24. The summed E-state index contributed by atoms with van der Waals surface area (Å²) in [7, 11) is 5.96. The first-order chi connectivity index (χ1) is 8.74. The summed E-state index contributed by atoms with van der Waals surface area (Å²) in [5, 5.41) is -0.461. The summed E-state index contributed by atoms with van der Waals surface area (Å²) < 4.78 is 5.98. The summed E-state index contributed by atoms with van der Waals surface area (Å²) in [6, 6.07) is 0. The second-order valence-electron chi connectivity index (χ2n) is 5.95. The lowest BCUT2D eigenvalue weighted by Gasteiger charge is -2.28. The normalized spacial score (nSPS) is 13.1. The molecule has 0 aromatic carbocycles. The van der Waals surface area contributed by atoms with Gasteiger partial charge in [0, 0.05) is 6.42 Å². The largest absolute Gasteiger partial charge is 0.456 e. The zero-order chi connectivity index (χ0) is 14.9. The quantitative estimate of drug-likeness (QED) is 0.269. The fraction of sp³-hybridized carbons (Fsp3) is 0.857. The van der Waals surface area contributed by atoms with Crippen molar-refractivity contribution in [3.8, 4) is 0 Å². The van der Waals surface area contributed by atoms with Crippen LogP contribution in [0.1, 0.15) is 45.4 Å². The summed E-state index contributed by atoms with van der Waals surface area (Å²) in [4.78, 5) is 22.7. The Balaban J connectivity index is 4.15. The molecule has 1 unspecified atom stereocenters. The topological polar surface area (TPSA) is 43.4 Å². The van der Waals surface area contributed by atoms with Gasteiger partial charge in [0.25, 0.3) is 0 Å². The van der Waals surface area contributed by atoms with E-state index in [0.717, 1.165) is 25.7 Å². The molecule has 0 radical (unpaired) electrons. The molecule has 0 bridgehead atoms. The Morgan fingerprint density at radius 3 is 2.26 bits per heavy atom. The maximum absolute atomic E-state index is 11.7. The van der Waals surface area contributed by atoms with Crippen LogP contribution in [0.4, 0.5) is 0 Å². The van der Waals surface area contributed by atoms with Gasteiger partial charge in [-0.05, 0) is 18.0 Å². The standard InChI is InChI=1S/C14H27ClNO3/c1-5-6-7-8-9-14(18)19-12(10-13(15)17)11-16(2,3)4/h12H,5-11H2,1-4H3/q+1. The maximum Gasteiger partial charge on any atom is 0.306 e. The minimum Gasteiger partial charge on any atom is -0.456 e. The molecule has 0 rings (SSSR count). The fourth-order valence-electron chi connectivity index (χ4n) is 1.87. The Morgan fingerprint density at radius 2 is 1.79 bits per heavy atom. The Labute approximate surface area is 121 Å². The van der Waals surface area contributed by atoms with Crippen molar-refractivity contribution in [1.82, 2.24) is 0 Å². The van der Waals surface area contributed by atoms with Crippen molar-refractivity contribution < 1.29 is 18.8 Å². The highest BCUT2D eigenvalue weighted by Crippen LogP contribution is 2.10. The molecule has 0 saturated carbocycles. The number of likely N-dealkylation sites (N-methyl/N-ethyl adjacent to an activating group) is 1. The number of esters is 1. The van der Waals surface area contributed by atoms with Crippen molar-refractivity contribution in [2.45, 2.75) is 51.6 Å². The van der Waals surface area contributed by atoms with Crippen molar-refractivity contribution in [2.75, 3.05) is 27.7 Å². The molecule has 4 nitrogen and oxygen atoms in total. The minimum absolute atomic E-state index is 0.0811. The van der Waals surface area contributed by atoms with Gasteiger partial charge < -0.3 is 9.22 Å². The molecule has 1 atom stereocenters. The van der Waals surface area contributed by atoms with Gasteiger partial charge in [0.1, 0.15) is 6.54 Å². The van der Waals surface area contributed by atoms with Crippen LogP contribution in [-0.4, -0.2) is 49.5 Å². The highest BCUT2D eigenvalue weighted by molar-refractivity contribution is 6.63. The van der Waals surface area contributed by atoms with Gasteiger partial charge in [0.15, 0.2) is 6.10 Å². The van der Waals surface area contributed by atoms with E-state index in [1.165, 1.54) is 0 Å². The molecule has 19 heavy (non-hydrogen) atoms. The number of hydrogen-bond acceptors (Lipinski definition) is 3. The Hall–Kier alpha value is -0.610. The minimum atomic E-state index is -0.461. The molecule has 0 aromatic heterocycles. The zero-order valence-corrected chi connectivity index (χ0v) is 13.3. The SMILES string of the molecule is CCCCCCC(=O)OC(CC(=O)Cl)C[N+](C)(C)C. The van der Waals surface area contributed by atoms with Gasteiger partial charge in [0.2, 0.25) is 5.24 Å². The first kappa shape index (κ1) is 18.4. The second-order valence-corrected chi connectivity index (χ2v) is 6.38. The van der Waals surface area contributed by atoms with Crippen LogP contribution >= 0.6 is 11.6 Å². The molecule has 5 heteroatoms. The summed E-state index contributed by atoms with van der Waals surface area (Å²) in [5.41, 5.74) is 0. The highest BCUT2D eigenvalue weighted by Gasteiger charge is 2.24. The van der Waals surface area contributed by atoms with E-state index in [9.17, 15) is 9.59 Å². The molecular formula is C14H27ClNO3+. The lowest BCUT2D eigenvalue weighted by Crippen LogP contribution is -2.43. The number of unbranched alkanes of at least 4 members (excludes halogenated alkanes) is 3. The summed E-state index contributed by atoms with van der Waals surface area (Å²) in [6.45, 7) is 2.71. The number of rotatable bonds is 10. The molecule has 0 aliphatic carbocycles. The summed E-state index contributed by atoms with van der Waals surface area (Å²) in [5.74, 6) is -0.229. The number of halogens is 1. The number of carbonyl (C=O) groups is 2. The van der Waals surface area contributed by atoms with Gasteiger partial charge >= 0.3 is 5.97 Å². The van der Waals surface area contributed by atoms with E-state index in [4.69, 9.17) is 16.3 Å². The van der Waals surface area contributed by atoms with Gasteiger partial charge in [-0.2, -0.15) is 0 Å². The van der Waals surface area contributed by atoms with Crippen LogP contribution in [0, 0.1) is 0 Å². The smallest absolute Gasteiger partial charge is 0.306 e. The van der Waals surface area contributed by atoms with Gasteiger partial charge in [-0.3, -0.25) is 9.59 Å². The van der Waals surface area contributed by atoms with E-state index in [1.54, 1.807) is 0 Å². The Kier molecular flexibility index (Phi) is 9.02. The van der Waals surface area contributed by atoms with E-state index in [2.05, 4.69) is 6.92 Å². The molecule has 0 saturated heterocycles. The molecule has 0 amide bonds. The van der Waals surface area contributed by atoms with Gasteiger partial charge in [-0.15, -0.1) is 0 Å². The predicted octanol–water partition coefficient (Wildman–Crippen LogP) is 2.73. The van der Waals surface area contributed by atoms with Gasteiger partial charge in [-0.1, -0.05) is 26.2 Å². The second kappa shape index (κ2) is 9.32. The van der Waals surface area contributed by atoms with E-state index in [-0.39, 0.29) is 12.4 Å². The maximum atomic E-state index is 11.7. The summed E-state index contributed by atoms with van der Waals surface area (Å²) >= 11 is 5.39. The number of nitrogens with zero attached hydrogens (tertiary/aromatic N) is 1. The first-order valence-corrected chi connectivity index (χ1v) is 7.30. The molecule has 0 aliphatic heterocycles. The molecule has 0 heterocycles. The van der Waals surface area contributed by atoms with Crippen LogP contribution in [0.15, 0.2) is 0 Å². The molecule has 0 spiro atoms. The lowest BCUT2D eigenvalue weighted by molar-refractivity contribution is -0.873. The van der Waals surface area contributed by atoms with Crippen LogP contribution in [0.25, 0.3) is 0 Å². The Bertz CT molecular complexity index is 287. The van der Waals surface area contributed by atoms with E-state index >= 15 is 0 Å². The van der Waals surface area contributed by atoms with Crippen LogP contribution in [0.2, 0.25) is 0 Å². The zero-order valence-electron chi connectivity index (χ0n) is 12.6. The van der Waals surface area contributed by atoms with Crippen LogP contribution in [0.5, 0.6) is 0 Å². The molecule has 0 fully saturated rings. The van der Waals surface area contributed by atoms with Crippen molar-refractivity contribution in [3.05, 3.63) is 0 Å². The number of carbonyl (C=O) groups excluding carboxylic acids is 2. The van der Waals surface area contributed by atoms with Gasteiger partial charge in [-0.25, -0.2) is 0 Å². The van der Waals surface area contributed by atoms with E-state index in [1.807, 2.05) is 21.1 Å². The highest BCUT2D eigenvalue weighted by atomic mass is 35.5. The lowest BCUT2D eigenvalue weighted by atomic mass is 10.1. The van der Waals surface area contributed by atoms with Crippen LogP contribution in [-0.2, 0) is 14.3 Å². The number of hydrogen-bond donors (Lipinski definition) is 0. The fourth-order valence-corrected chi connectivity index (χ4v) is 2.05. The average molecular weight is 293 g/mol. The molecule has 0 aromatic rings. The van der Waals surface area contributed by atoms with Gasteiger partial charge in [0.05, 0.1) is 27.6 Å². The molecule has 112 valence electrons. The first-order valence-electron chi connectivity index (χ1n) is 6.93. The number of ether oxygens (including phenoxy) is 1. The van der Waals surface area contributed by atoms with Crippen LogP contribution < -0.4 is 0 Å². The van der Waals surface area contributed by atoms with Crippen molar-refractivity contribution in [2.24, 2.45) is 0 Å². The van der Waals surface area contributed by atoms with Crippen molar-refractivity contribution in [3.63, 3.8) is 0 Å². The molecule has 0 N–H and O–H groups in total. The van der Waals surface area contributed by atoms with Crippen molar-refractivity contribution >= 4 is 22.8 Å². The third kappa shape index (κ3) is 12.2. The third-order valence-corrected chi connectivity index (χ3v) is 2.83. The van der Waals surface area contributed by atoms with E-state index in [0.29, 0.717) is 17.4 Å². The van der Waals surface area contributed by atoms with E-state index < -0.39 is 11.3 Å². The average Bonchev–Trinajstić information content (AvgIpc) is 2.20. The van der Waals surface area contributed by atoms with Crippen LogP contribution in [0.3, 0.4) is 0 Å². The monoisotopic (exact) mass is 292 g/mol.